The number of thioether (sulfide) groups is 2. The Kier molecular flexibility index (Phi) is 5.71. The molecule has 0 aliphatic carbocycles. The van der Waals surface area contributed by atoms with Crippen LogP contribution in [0.1, 0.15) is 40.3 Å². The van der Waals surface area contributed by atoms with Crippen molar-refractivity contribution in [3.63, 3.8) is 0 Å². The lowest BCUT2D eigenvalue weighted by Gasteiger charge is -2.28. The zero-order valence-corrected chi connectivity index (χ0v) is 14.7. The molecule has 1 unspecified atom stereocenters. The molecule has 22 heavy (non-hydrogen) atoms. The fourth-order valence-corrected chi connectivity index (χ4v) is 5.96. The molecule has 1 aromatic rings. The third-order valence-corrected chi connectivity index (χ3v) is 7.36. The summed E-state index contributed by atoms with van der Waals surface area (Å²) in [4.78, 5) is 14.9. The van der Waals surface area contributed by atoms with Crippen molar-refractivity contribution in [2.24, 2.45) is 0 Å². The highest BCUT2D eigenvalue weighted by atomic mass is 32.2. The maximum atomic E-state index is 12.8. The smallest absolute Gasteiger partial charge is 0.254 e. The van der Waals surface area contributed by atoms with Crippen LogP contribution in [0.15, 0.2) is 24.3 Å². The Morgan fingerprint density at radius 2 is 2.00 bits per heavy atom. The second-order valence-corrected chi connectivity index (χ2v) is 8.57. The van der Waals surface area contributed by atoms with E-state index < -0.39 is 0 Å². The molecule has 0 radical (unpaired) electrons. The Labute approximate surface area is 141 Å². The first-order valence-corrected chi connectivity index (χ1v) is 10.2. The number of benzene rings is 1. The molecule has 0 spiro atoms. The summed E-state index contributed by atoms with van der Waals surface area (Å²) in [7, 11) is 0. The number of rotatable bonds is 5. The summed E-state index contributed by atoms with van der Waals surface area (Å²) < 4.78 is 0.551. The van der Waals surface area contributed by atoms with Crippen LogP contribution in [0, 0.1) is 0 Å². The van der Waals surface area contributed by atoms with Gasteiger partial charge < -0.3 is 10.2 Å². The summed E-state index contributed by atoms with van der Waals surface area (Å²) in [6.07, 6.45) is 2.08. The van der Waals surface area contributed by atoms with E-state index in [2.05, 4.69) is 29.3 Å². The van der Waals surface area contributed by atoms with E-state index in [0.29, 0.717) is 10.6 Å². The minimum absolute atomic E-state index is 0.189. The Balaban J connectivity index is 1.71. The van der Waals surface area contributed by atoms with E-state index in [0.717, 1.165) is 38.0 Å². The maximum absolute atomic E-state index is 12.8. The van der Waals surface area contributed by atoms with Crippen LogP contribution in [-0.4, -0.2) is 48.0 Å². The number of nitrogens with one attached hydrogen (secondary N) is 1. The summed E-state index contributed by atoms with van der Waals surface area (Å²) >= 11 is 4.01. The molecule has 2 saturated heterocycles. The van der Waals surface area contributed by atoms with Gasteiger partial charge in [0.25, 0.3) is 5.91 Å². The van der Waals surface area contributed by atoms with E-state index in [1.54, 1.807) is 0 Å². The van der Waals surface area contributed by atoms with E-state index in [4.69, 9.17) is 0 Å². The van der Waals surface area contributed by atoms with E-state index in [1.165, 1.54) is 17.1 Å². The van der Waals surface area contributed by atoms with Crippen molar-refractivity contribution in [2.45, 2.75) is 30.4 Å². The quantitative estimate of drug-likeness (QED) is 0.893. The maximum Gasteiger partial charge on any atom is 0.254 e. The van der Waals surface area contributed by atoms with Gasteiger partial charge in [0, 0.05) is 36.2 Å². The van der Waals surface area contributed by atoms with Crippen LogP contribution in [0.5, 0.6) is 0 Å². The number of hydrogen-bond acceptors (Lipinski definition) is 4. The van der Waals surface area contributed by atoms with Crippen molar-refractivity contribution in [2.75, 3.05) is 31.1 Å². The van der Waals surface area contributed by atoms with Gasteiger partial charge in [-0.2, -0.15) is 0 Å². The van der Waals surface area contributed by atoms with Gasteiger partial charge in [-0.05, 0) is 37.1 Å². The van der Waals surface area contributed by atoms with Crippen LogP contribution in [-0.2, 0) is 0 Å². The first-order valence-electron chi connectivity index (χ1n) is 8.14. The molecule has 0 aromatic heterocycles. The normalized spacial score (nSPS) is 22.1. The minimum Gasteiger partial charge on any atom is -0.334 e. The minimum atomic E-state index is 0.189. The van der Waals surface area contributed by atoms with Crippen molar-refractivity contribution in [1.82, 2.24) is 10.2 Å². The van der Waals surface area contributed by atoms with Crippen LogP contribution in [0.3, 0.4) is 0 Å². The number of carbonyl (C=O) groups excluding carboxylic acids is 1. The van der Waals surface area contributed by atoms with Crippen molar-refractivity contribution in [3.8, 4) is 0 Å². The molecule has 1 amide bonds. The Morgan fingerprint density at radius 3 is 2.59 bits per heavy atom. The van der Waals surface area contributed by atoms with Gasteiger partial charge in [0.2, 0.25) is 0 Å². The average Bonchev–Trinajstić information content (AvgIpc) is 3.25. The highest BCUT2D eigenvalue weighted by molar-refractivity contribution is 8.19. The lowest BCUT2D eigenvalue weighted by atomic mass is 10.1. The number of nitrogens with zero attached hydrogens (tertiary/aromatic N) is 1. The summed E-state index contributed by atoms with van der Waals surface area (Å²) in [6.45, 7) is 4.94. The highest BCUT2D eigenvalue weighted by Crippen LogP contribution is 2.45. The van der Waals surface area contributed by atoms with Gasteiger partial charge in [0.05, 0.1) is 4.58 Å². The summed E-state index contributed by atoms with van der Waals surface area (Å²) in [5, 5.41) is 3.36. The van der Waals surface area contributed by atoms with Gasteiger partial charge in [0.15, 0.2) is 0 Å². The second-order valence-electron chi connectivity index (χ2n) is 5.84. The van der Waals surface area contributed by atoms with Crippen LogP contribution in [0.25, 0.3) is 0 Å². The third-order valence-electron chi connectivity index (χ3n) is 4.25. The highest BCUT2D eigenvalue weighted by Gasteiger charge is 2.27. The SMILES string of the molecule is CCCN(C(=O)c1ccc(C2SCCS2)cc1)C1CCNC1. The lowest BCUT2D eigenvalue weighted by molar-refractivity contribution is 0.0692. The fraction of sp³-hybridized carbons (Fsp3) is 0.588. The Bertz CT molecular complexity index is 494. The molecule has 2 heterocycles. The summed E-state index contributed by atoms with van der Waals surface area (Å²) in [5.41, 5.74) is 2.17. The molecule has 1 aromatic carbocycles. The second kappa shape index (κ2) is 7.75. The Hall–Kier alpha value is -0.650. The van der Waals surface area contributed by atoms with Gasteiger partial charge in [-0.25, -0.2) is 0 Å². The summed E-state index contributed by atoms with van der Waals surface area (Å²) in [6, 6.07) is 8.66. The molecule has 120 valence electrons. The largest absolute Gasteiger partial charge is 0.334 e. The predicted molar refractivity (Wildman–Crippen MR) is 96.7 cm³/mol. The van der Waals surface area contributed by atoms with Gasteiger partial charge in [-0.3, -0.25) is 4.79 Å². The van der Waals surface area contributed by atoms with Crippen molar-refractivity contribution >= 4 is 29.4 Å². The molecule has 3 nitrogen and oxygen atoms in total. The van der Waals surface area contributed by atoms with Crippen LogP contribution in [0.4, 0.5) is 0 Å². The van der Waals surface area contributed by atoms with E-state index in [1.807, 2.05) is 35.7 Å². The molecule has 5 heteroatoms. The first-order chi connectivity index (χ1) is 10.8. The predicted octanol–water partition coefficient (Wildman–Crippen LogP) is 3.38. The number of hydrogen-bond donors (Lipinski definition) is 1. The standard InChI is InChI=1S/C17H24N2OS2/c1-2-9-19(15-7-8-18-12-15)16(20)13-3-5-14(6-4-13)17-21-10-11-22-17/h3-6,15,17-18H,2,7-12H2,1H3. The molecular weight excluding hydrogens is 312 g/mol. The number of amides is 1. The number of carbonyl (C=O) groups is 1. The van der Waals surface area contributed by atoms with Crippen LogP contribution >= 0.6 is 23.5 Å². The summed E-state index contributed by atoms with van der Waals surface area (Å²) in [5.74, 6) is 2.65. The molecular formula is C17H24N2OS2. The van der Waals surface area contributed by atoms with E-state index in [-0.39, 0.29) is 5.91 Å². The van der Waals surface area contributed by atoms with Gasteiger partial charge in [0.1, 0.15) is 0 Å². The molecule has 2 aliphatic heterocycles. The monoisotopic (exact) mass is 336 g/mol. The van der Waals surface area contributed by atoms with Crippen LogP contribution in [0.2, 0.25) is 0 Å². The lowest BCUT2D eigenvalue weighted by Crippen LogP contribution is -2.42. The first kappa shape index (κ1) is 16.2. The zero-order chi connectivity index (χ0) is 15.4. The molecule has 2 fully saturated rings. The zero-order valence-electron chi connectivity index (χ0n) is 13.1. The fourth-order valence-electron chi connectivity index (χ4n) is 3.10. The van der Waals surface area contributed by atoms with E-state index in [9.17, 15) is 4.79 Å². The molecule has 0 bridgehead atoms. The van der Waals surface area contributed by atoms with Gasteiger partial charge >= 0.3 is 0 Å². The van der Waals surface area contributed by atoms with Gasteiger partial charge in [-0.15, -0.1) is 23.5 Å². The molecule has 0 saturated carbocycles. The third kappa shape index (κ3) is 3.63. The van der Waals surface area contributed by atoms with Crippen molar-refractivity contribution in [3.05, 3.63) is 35.4 Å². The van der Waals surface area contributed by atoms with Crippen molar-refractivity contribution in [1.29, 1.82) is 0 Å². The molecule has 1 N–H and O–H groups in total. The topological polar surface area (TPSA) is 32.3 Å². The molecule has 1 atom stereocenters. The molecule has 3 rings (SSSR count). The van der Waals surface area contributed by atoms with Gasteiger partial charge in [-0.1, -0.05) is 19.1 Å². The Morgan fingerprint density at radius 1 is 1.27 bits per heavy atom. The average molecular weight is 337 g/mol. The molecule has 2 aliphatic rings. The van der Waals surface area contributed by atoms with Crippen molar-refractivity contribution < 1.29 is 4.79 Å². The van der Waals surface area contributed by atoms with Crippen LogP contribution < -0.4 is 5.32 Å². The van der Waals surface area contributed by atoms with E-state index >= 15 is 0 Å².